The zero-order valence-corrected chi connectivity index (χ0v) is 10.0. The van der Waals surface area contributed by atoms with Crippen molar-refractivity contribution >= 4 is 11.6 Å². The Balaban J connectivity index is 2.00. The SMILES string of the molecule is NCc1ccc(OCc2ccncc2Cl)cc1. The molecule has 0 aliphatic heterocycles. The van der Waals surface area contributed by atoms with E-state index in [1.165, 1.54) is 0 Å². The summed E-state index contributed by atoms with van der Waals surface area (Å²) < 4.78 is 5.62. The van der Waals surface area contributed by atoms with E-state index < -0.39 is 0 Å². The van der Waals surface area contributed by atoms with E-state index in [1.54, 1.807) is 12.4 Å². The Morgan fingerprint density at radius 1 is 1.18 bits per heavy atom. The van der Waals surface area contributed by atoms with Crippen molar-refractivity contribution in [3.8, 4) is 5.75 Å². The van der Waals surface area contributed by atoms with Gasteiger partial charge in [-0.05, 0) is 23.8 Å². The van der Waals surface area contributed by atoms with E-state index in [1.807, 2.05) is 30.3 Å². The first-order valence-electron chi connectivity index (χ1n) is 5.30. The molecular weight excluding hydrogens is 236 g/mol. The van der Waals surface area contributed by atoms with Crippen LogP contribution < -0.4 is 10.5 Å². The molecule has 0 saturated carbocycles. The maximum Gasteiger partial charge on any atom is 0.119 e. The highest BCUT2D eigenvalue weighted by Crippen LogP contribution is 2.17. The van der Waals surface area contributed by atoms with Crippen LogP contribution in [-0.4, -0.2) is 4.98 Å². The molecule has 0 spiro atoms. The van der Waals surface area contributed by atoms with Crippen LogP contribution in [0.3, 0.4) is 0 Å². The fraction of sp³-hybridized carbons (Fsp3) is 0.154. The summed E-state index contributed by atoms with van der Waals surface area (Å²) >= 11 is 5.98. The first-order valence-corrected chi connectivity index (χ1v) is 5.67. The fourth-order valence-electron chi connectivity index (χ4n) is 1.40. The van der Waals surface area contributed by atoms with Crippen LogP contribution >= 0.6 is 11.6 Å². The first-order chi connectivity index (χ1) is 8.29. The molecular formula is C13H13ClN2O. The molecule has 2 aromatic rings. The third kappa shape index (κ3) is 3.19. The quantitative estimate of drug-likeness (QED) is 0.905. The Labute approximate surface area is 105 Å². The summed E-state index contributed by atoms with van der Waals surface area (Å²) in [6, 6.07) is 9.54. The molecule has 0 atom stereocenters. The van der Waals surface area contributed by atoms with Crippen molar-refractivity contribution in [2.24, 2.45) is 5.73 Å². The van der Waals surface area contributed by atoms with Crippen molar-refractivity contribution in [1.82, 2.24) is 4.98 Å². The van der Waals surface area contributed by atoms with Gasteiger partial charge in [0.25, 0.3) is 0 Å². The third-order valence-corrected chi connectivity index (χ3v) is 2.75. The van der Waals surface area contributed by atoms with Crippen LogP contribution in [0, 0.1) is 0 Å². The lowest BCUT2D eigenvalue weighted by molar-refractivity contribution is 0.306. The Hall–Kier alpha value is -1.58. The van der Waals surface area contributed by atoms with Crippen LogP contribution in [0.2, 0.25) is 5.02 Å². The maximum atomic E-state index is 5.98. The summed E-state index contributed by atoms with van der Waals surface area (Å²) in [5.41, 5.74) is 7.52. The Bertz CT molecular complexity index is 485. The molecule has 0 saturated heterocycles. The zero-order valence-electron chi connectivity index (χ0n) is 9.27. The smallest absolute Gasteiger partial charge is 0.119 e. The molecule has 2 rings (SSSR count). The topological polar surface area (TPSA) is 48.1 Å². The summed E-state index contributed by atoms with van der Waals surface area (Å²) in [7, 11) is 0. The molecule has 1 heterocycles. The number of benzene rings is 1. The average molecular weight is 249 g/mol. The largest absolute Gasteiger partial charge is 0.489 e. The van der Waals surface area contributed by atoms with E-state index in [2.05, 4.69) is 4.98 Å². The lowest BCUT2D eigenvalue weighted by Crippen LogP contribution is -1.98. The minimum atomic E-state index is 0.434. The van der Waals surface area contributed by atoms with E-state index in [0.29, 0.717) is 18.2 Å². The second kappa shape index (κ2) is 5.66. The van der Waals surface area contributed by atoms with Gasteiger partial charge >= 0.3 is 0 Å². The van der Waals surface area contributed by atoms with Crippen molar-refractivity contribution in [3.63, 3.8) is 0 Å². The predicted molar refractivity (Wildman–Crippen MR) is 67.9 cm³/mol. The minimum Gasteiger partial charge on any atom is -0.489 e. The Kier molecular flexibility index (Phi) is 3.96. The molecule has 1 aromatic carbocycles. The first kappa shape index (κ1) is 11.9. The third-order valence-electron chi connectivity index (χ3n) is 2.41. The molecule has 0 aliphatic rings. The molecule has 0 aliphatic carbocycles. The summed E-state index contributed by atoms with van der Waals surface area (Å²) in [4.78, 5) is 3.92. The molecule has 2 N–H and O–H groups in total. The maximum absolute atomic E-state index is 5.98. The lowest BCUT2D eigenvalue weighted by Gasteiger charge is -2.07. The molecule has 17 heavy (non-hydrogen) atoms. The predicted octanol–water partition coefficient (Wildman–Crippen LogP) is 2.77. The molecule has 3 nitrogen and oxygen atoms in total. The second-order valence-electron chi connectivity index (χ2n) is 3.60. The van der Waals surface area contributed by atoms with Gasteiger partial charge in [0.2, 0.25) is 0 Å². The van der Waals surface area contributed by atoms with Crippen LogP contribution in [0.1, 0.15) is 11.1 Å². The molecule has 0 fully saturated rings. The standard InChI is InChI=1S/C13H13ClN2O/c14-13-8-16-6-5-11(13)9-17-12-3-1-10(7-15)2-4-12/h1-6,8H,7,9,15H2. The highest BCUT2D eigenvalue weighted by atomic mass is 35.5. The van der Waals surface area contributed by atoms with Gasteiger partial charge in [0.1, 0.15) is 12.4 Å². The highest BCUT2D eigenvalue weighted by Gasteiger charge is 2.00. The van der Waals surface area contributed by atoms with Crippen molar-refractivity contribution in [2.75, 3.05) is 0 Å². The highest BCUT2D eigenvalue weighted by molar-refractivity contribution is 6.31. The molecule has 4 heteroatoms. The van der Waals surface area contributed by atoms with Gasteiger partial charge in [-0.15, -0.1) is 0 Å². The number of hydrogen-bond donors (Lipinski definition) is 1. The van der Waals surface area contributed by atoms with E-state index in [4.69, 9.17) is 22.1 Å². The van der Waals surface area contributed by atoms with Gasteiger partial charge in [-0.2, -0.15) is 0 Å². The van der Waals surface area contributed by atoms with Crippen molar-refractivity contribution in [1.29, 1.82) is 0 Å². The minimum absolute atomic E-state index is 0.434. The second-order valence-corrected chi connectivity index (χ2v) is 4.01. The summed E-state index contributed by atoms with van der Waals surface area (Å²) in [6.45, 7) is 0.972. The van der Waals surface area contributed by atoms with E-state index in [0.717, 1.165) is 16.9 Å². The molecule has 0 unspecified atom stereocenters. The summed E-state index contributed by atoms with van der Waals surface area (Å²) in [5, 5.41) is 0.617. The van der Waals surface area contributed by atoms with Crippen molar-refractivity contribution in [2.45, 2.75) is 13.2 Å². The van der Waals surface area contributed by atoms with Gasteiger partial charge in [0, 0.05) is 24.5 Å². The molecule has 0 radical (unpaired) electrons. The van der Waals surface area contributed by atoms with E-state index in [9.17, 15) is 0 Å². The van der Waals surface area contributed by atoms with Crippen LogP contribution in [-0.2, 0) is 13.2 Å². The number of ether oxygens (including phenoxy) is 1. The van der Waals surface area contributed by atoms with Crippen LogP contribution in [0.4, 0.5) is 0 Å². The van der Waals surface area contributed by atoms with Gasteiger partial charge in [-0.3, -0.25) is 4.98 Å². The van der Waals surface area contributed by atoms with Crippen molar-refractivity contribution in [3.05, 3.63) is 58.9 Å². The van der Waals surface area contributed by atoms with E-state index >= 15 is 0 Å². The number of nitrogens with zero attached hydrogens (tertiary/aromatic N) is 1. The zero-order chi connectivity index (χ0) is 12.1. The number of rotatable bonds is 4. The van der Waals surface area contributed by atoms with Crippen molar-refractivity contribution < 1.29 is 4.74 Å². The van der Waals surface area contributed by atoms with Gasteiger partial charge < -0.3 is 10.5 Å². The lowest BCUT2D eigenvalue weighted by atomic mass is 10.2. The van der Waals surface area contributed by atoms with Gasteiger partial charge in [-0.1, -0.05) is 23.7 Å². The fourth-order valence-corrected chi connectivity index (χ4v) is 1.58. The summed E-state index contributed by atoms with van der Waals surface area (Å²) in [5.74, 6) is 0.801. The van der Waals surface area contributed by atoms with Gasteiger partial charge in [0.15, 0.2) is 0 Å². The monoisotopic (exact) mass is 248 g/mol. The number of halogens is 1. The van der Waals surface area contributed by atoms with Crippen LogP contribution in [0.5, 0.6) is 5.75 Å². The molecule has 1 aromatic heterocycles. The van der Waals surface area contributed by atoms with Gasteiger partial charge in [-0.25, -0.2) is 0 Å². The number of nitrogens with two attached hydrogens (primary N) is 1. The summed E-state index contributed by atoms with van der Waals surface area (Å²) in [6.07, 6.45) is 3.31. The molecule has 88 valence electrons. The van der Waals surface area contributed by atoms with Crippen LogP contribution in [0.15, 0.2) is 42.7 Å². The number of aromatic nitrogens is 1. The van der Waals surface area contributed by atoms with Gasteiger partial charge in [0.05, 0.1) is 5.02 Å². The number of pyridine rings is 1. The molecule has 0 amide bonds. The molecule has 0 bridgehead atoms. The average Bonchev–Trinajstić information content (AvgIpc) is 2.38. The normalized spacial score (nSPS) is 10.2. The van der Waals surface area contributed by atoms with E-state index in [-0.39, 0.29) is 0 Å². The Morgan fingerprint density at radius 2 is 1.94 bits per heavy atom. The number of hydrogen-bond acceptors (Lipinski definition) is 3. The van der Waals surface area contributed by atoms with Crippen LogP contribution in [0.25, 0.3) is 0 Å². The Morgan fingerprint density at radius 3 is 2.59 bits per heavy atom.